The van der Waals surface area contributed by atoms with E-state index in [0.29, 0.717) is 0 Å². The van der Waals surface area contributed by atoms with Crippen molar-refractivity contribution in [3.8, 4) is 0 Å². The van der Waals surface area contributed by atoms with Gasteiger partial charge in [0.2, 0.25) is 5.91 Å². The maximum atomic E-state index is 12.6. The van der Waals surface area contributed by atoms with Gasteiger partial charge in [0.15, 0.2) is 0 Å². The minimum atomic E-state index is -0.0185. The lowest BCUT2D eigenvalue weighted by Gasteiger charge is -2.20. The predicted octanol–water partition coefficient (Wildman–Crippen LogP) is 1.95. The van der Waals surface area contributed by atoms with Crippen molar-refractivity contribution >= 4 is 29.7 Å². The number of thiophene rings is 1. The molecule has 0 aromatic carbocycles. The van der Waals surface area contributed by atoms with Gasteiger partial charge in [-0.05, 0) is 23.9 Å². The maximum Gasteiger partial charge on any atom is 0.225 e. The molecule has 1 unspecified atom stereocenters. The second-order valence-electron chi connectivity index (χ2n) is 6.01. The van der Waals surface area contributed by atoms with Crippen LogP contribution < -0.4 is 10.6 Å². The van der Waals surface area contributed by atoms with E-state index in [2.05, 4.69) is 34.1 Å². The summed E-state index contributed by atoms with van der Waals surface area (Å²) in [5, 5.41) is 12.8. The molecule has 1 aliphatic rings. The second-order valence-corrected chi connectivity index (χ2v) is 7.04. The lowest BCUT2D eigenvalue weighted by molar-refractivity contribution is -0.125. The first-order valence-electron chi connectivity index (χ1n) is 7.65. The summed E-state index contributed by atoms with van der Waals surface area (Å²) in [6.45, 7) is 3.64. The molecule has 0 radical (unpaired) electrons. The minimum Gasteiger partial charge on any atom is -0.353 e. The zero-order valence-corrected chi connectivity index (χ0v) is 15.0. The normalized spacial score (nSPS) is 21.7. The van der Waals surface area contributed by atoms with Crippen molar-refractivity contribution in [1.29, 1.82) is 0 Å². The Labute approximate surface area is 146 Å². The van der Waals surface area contributed by atoms with Gasteiger partial charge in [0.25, 0.3) is 0 Å². The number of halogens is 1. The van der Waals surface area contributed by atoms with E-state index in [9.17, 15) is 4.79 Å². The predicted molar refractivity (Wildman–Crippen MR) is 95.2 cm³/mol. The summed E-state index contributed by atoms with van der Waals surface area (Å²) in [7, 11) is 1.91. The highest BCUT2D eigenvalue weighted by atomic mass is 35.5. The third kappa shape index (κ3) is 4.34. The van der Waals surface area contributed by atoms with Crippen LogP contribution in [0.1, 0.15) is 23.3 Å². The number of nitrogens with one attached hydrogen (secondary N) is 2. The Morgan fingerprint density at radius 3 is 3.04 bits per heavy atom. The van der Waals surface area contributed by atoms with E-state index in [-0.39, 0.29) is 36.2 Å². The first kappa shape index (κ1) is 18.0. The number of nitrogens with zero attached hydrogens (tertiary/aromatic N) is 2. The second kappa shape index (κ2) is 7.95. The van der Waals surface area contributed by atoms with Gasteiger partial charge in [-0.1, -0.05) is 6.07 Å². The quantitative estimate of drug-likeness (QED) is 0.862. The Morgan fingerprint density at radius 1 is 1.57 bits per heavy atom. The van der Waals surface area contributed by atoms with E-state index >= 15 is 0 Å². The molecule has 3 atom stereocenters. The van der Waals surface area contributed by atoms with E-state index in [1.54, 1.807) is 16.0 Å². The molecule has 1 amide bonds. The molecule has 3 heterocycles. The van der Waals surface area contributed by atoms with Crippen molar-refractivity contribution in [1.82, 2.24) is 20.4 Å². The minimum absolute atomic E-state index is 0. The Balaban J connectivity index is 0.00000192. The van der Waals surface area contributed by atoms with Crippen molar-refractivity contribution in [3.05, 3.63) is 40.3 Å². The Kier molecular flexibility index (Phi) is 6.21. The summed E-state index contributed by atoms with van der Waals surface area (Å²) in [6.07, 6.45) is 4.77. The van der Waals surface area contributed by atoms with E-state index in [1.165, 1.54) is 4.88 Å². The van der Waals surface area contributed by atoms with Crippen molar-refractivity contribution in [2.75, 3.05) is 13.1 Å². The van der Waals surface area contributed by atoms with E-state index in [1.807, 2.05) is 25.5 Å². The Morgan fingerprint density at radius 2 is 2.39 bits per heavy atom. The van der Waals surface area contributed by atoms with Crippen LogP contribution in [-0.4, -0.2) is 34.8 Å². The van der Waals surface area contributed by atoms with Crippen molar-refractivity contribution in [2.24, 2.45) is 13.0 Å². The zero-order valence-electron chi connectivity index (χ0n) is 13.4. The first-order valence-corrected chi connectivity index (χ1v) is 8.53. The smallest absolute Gasteiger partial charge is 0.225 e. The number of hydrogen-bond donors (Lipinski definition) is 2. The molecule has 1 aliphatic heterocycles. The average Bonchev–Trinajstić information content (AvgIpc) is 3.17. The van der Waals surface area contributed by atoms with Crippen LogP contribution in [0.15, 0.2) is 29.9 Å². The van der Waals surface area contributed by atoms with Crippen LogP contribution in [0.4, 0.5) is 0 Å². The van der Waals surface area contributed by atoms with Crippen molar-refractivity contribution in [2.45, 2.75) is 25.3 Å². The van der Waals surface area contributed by atoms with Crippen molar-refractivity contribution < 1.29 is 4.79 Å². The number of aryl methyl sites for hydroxylation is 1. The largest absolute Gasteiger partial charge is 0.353 e. The van der Waals surface area contributed by atoms with Gasteiger partial charge in [-0.3, -0.25) is 9.48 Å². The number of rotatable bonds is 5. The molecule has 2 N–H and O–H groups in total. The van der Waals surface area contributed by atoms with Gasteiger partial charge < -0.3 is 10.6 Å². The van der Waals surface area contributed by atoms with Crippen LogP contribution in [0.2, 0.25) is 0 Å². The van der Waals surface area contributed by atoms with Gasteiger partial charge in [-0.15, -0.1) is 23.7 Å². The molecule has 1 fully saturated rings. The van der Waals surface area contributed by atoms with E-state index < -0.39 is 0 Å². The van der Waals surface area contributed by atoms with Crippen LogP contribution in [0.25, 0.3) is 0 Å². The number of carbonyl (C=O) groups is 1. The summed E-state index contributed by atoms with van der Waals surface area (Å²) in [5.74, 6) is 0.334. The zero-order chi connectivity index (χ0) is 15.5. The molecule has 0 spiro atoms. The molecular formula is C16H23ClN4OS. The SMILES string of the molecule is CC(Cc1cccs1)NC(=O)[C@H]1CNC[C@@H]1c1cnn(C)c1.Cl. The highest BCUT2D eigenvalue weighted by molar-refractivity contribution is 7.09. The van der Waals surface area contributed by atoms with Crippen LogP contribution in [0, 0.1) is 5.92 Å². The topological polar surface area (TPSA) is 59.0 Å². The summed E-state index contributed by atoms with van der Waals surface area (Å²) in [5.41, 5.74) is 1.14. The standard InChI is InChI=1S/C16H22N4OS.ClH/c1-11(6-13-4-3-5-22-13)19-16(21)15-9-17-8-14(15)12-7-18-20(2)10-12;/h3-5,7,10-11,14-15,17H,6,8-9H2,1-2H3,(H,19,21);1H/t11?,14-,15+;/m1./s1. The van der Waals surface area contributed by atoms with Crippen LogP contribution in [0.3, 0.4) is 0 Å². The lowest BCUT2D eigenvalue weighted by atomic mass is 9.90. The van der Waals surface area contributed by atoms with Gasteiger partial charge in [0, 0.05) is 49.6 Å². The van der Waals surface area contributed by atoms with Gasteiger partial charge >= 0.3 is 0 Å². The molecule has 23 heavy (non-hydrogen) atoms. The molecule has 126 valence electrons. The van der Waals surface area contributed by atoms with Crippen LogP contribution in [0.5, 0.6) is 0 Å². The number of aromatic nitrogens is 2. The van der Waals surface area contributed by atoms with Gasteiger partial charge in [0.1, 0.15) is 0 Å². The fraction of sp³-hybridized carbons (Fsp3) is 0.500. The molecule has 5 nitrogen and oxygen atoms in total. The third-order valence-electron chi connectivity index (χ3n) is 4.18. The highest BCUT2D eigenvalue weighted by Gasteiger charge is 2.35. The Bertz CT molecular complexity index is 628. The molecule has 1 saturated heterocycles. The molecular weight excluding hydrogens is 332 g/mol. The molecule has 0 aliphatic carbocycles. The molecule has 3 rings (SSSR count). The van der Waals surface area contributed by atoms with Crippen LogP contribution in [-0.2, 0) is 18.3 Å². The Hall–Kier alpha value is -1.37. The summed E-state index contributed by atoms with van der Waals surface area (Å²) < 4.78 is 1.79. The fourth-order valence-corrected chi connectivity index (χ4v) is 3.90. The first-order chi connectivity index (χ1) is 10.6. The lowest BCUT2D eigenvalue weighted by Crippen LogP contribution is -2.40. The fourth-order valence-electron chi connectivity index (χ4n) is 3.07. The summed E-state index contributed by atoms with van der Waals surface area (Å²) in [6, 6.07) is 4.32. The average molecular weight is 355 g/mol. The third-order valence-corrected chi connectivity index (χ3v) is 5.08. The monoisotopic (exact) mass is 354 g/mol. The van der Waals surface area contributed by atoms with Gasteiger partial charge in [-0.2, -0.15) is 5.10 Å². The maximum absolute atomic E-state index is 12.6. The van der Waals surface area contributed by atoms with Gasteiger partial charge in [0.05, 0.1) is 12.1 Å². The van der Waals surface area contributed by atoms with Crippen LogP contribution >= 0.6 is 23.7 Å². The van der Waals surface area contributed by atoms with E-state index in [4.69, 9.17) is 0 Å². The highest BCUT2D eigenvalue weighted by Crippen LogP contribution is 2.28. The van der Waals surface area contributed by atoms with Crippen molar-refractivity contribution in [3.63, 3.8) is 0 Å². The molecule has 0 bridgehead atoms. The van der Waals surface area contributed by atoms with Gasteiger partial charge in [-0.25, -0.2) is 0 Å². The summed E-state index contributed by atoms with van der Waals surface area (Å²) in [4.78, 5) is 13.9. The molecule has 2 aromatic heterocycles. The van der Waals surface area contributed by atoms with E-state index in [0.717, 1.165) is 25.1 Å². The summed E-state index contributed by atoms with van der Waals surface area (Å²) >= 11 is 1.74. The molecule has 0 saturated carbocycles. The molecule has 2 aromatic rings. The number of hydrogen-bond acceptors (Lipinski definition) is 4. The number of amides is 1. The molecule has 7 heteroatoms. The number of carbonyl (C=O) groups excluding carboxylic acids is 1.